The molecule has 0 unspecified atom stereocenters. The molecule has 0 aromatic carbocycles. The minimum absolute atomic E-state index is 0.0292. The Hall–Kier alpha value is -1.05. The molecule has 0 spiro atoms. The van der Waals surface area contributed by atoms with E-state index in [1.807, 2.05) is 0 Å². The Morgan fingerprint density at radius 2 is 2.12 bits per heavy atom. The minimum Gasteiger partial charge on any atom is -0.458 e. The fraction of sp³-hybridized carbons (Fsp3) is 0.667. The Morgan fingerprint density at radius 1 is 1.35 bits per heavy atom. The van der Waals surface area contributed by atoms with Crippen molar-refractivity contribution in [1.82, 2.24) is 0 Å². The quantitative estimate of drug-likeness (QED) is 0.364. The molecule has 3 rings (SSSR count). The highest BCUT2D eigenvalue weighted by Gasteiger charge is 2.54. The molecule has 4 atom stereocenters. The molecule has 2 nitrogen and oxygen atoms in total. The van der Waals surface area contributed by atoms with Crippen LogP contribution in [0.4, 0.5) is 0 Å². The van der Waals surface area contributed by atoms with Gasteiger partial charge in [-0.2, -0.15) is 0 Å². The van der Waals surface area contributed by atoms with E-state index in [-0.39, 0.29) is 18.0 Å². The molecular weight excluding hydrogens is 212 g/mol. The fourth-order valence-corrected chi connectivity index (χ4v) is 4.19. The topological polar surface area (TPSA) is 26.3 Å². The van der Waals surface area contributed by atoms with Crippen LogP contribution in [0.15, 0.2) is 24.3 Å². The second kappa shape index (κ2) is 3.47. The van der Waals surface area contributed by atoms with Gasteiger partial charge in [-0.15, -0.1) is 0 Å². The smallest absolute Gasteiger partial charge is 0.334 e. The number of hydrogen-bond donors (Lipinski definition) is 0. The average Bonchev–Trinajstić information content (AvgIpc) is 2.54. The number of fused-ring (bicyclic) bond motifs is 3. The number of esters is 1. The van der Waals surface area contributed by atoms with Crippen LogP contribution in [0, 0.1) is 17.3 Å². The third-order valence-electron chi connectivity index (χ3n) is 5.14. The van der Waals surface area contributed by atoms with Crippen molar-refractivity contribution < 1.29 is 9.53 Å². The van der Waals surface area contributed by atoms with E-state index in [2.05, 4.69) is 20.1 Å². The van der Waals surface area contributed by atoms with Gasteiger partial charge < -0.3 is 4.74 Å². The molecule has 0 amide bonds. The predicted octanol–water partition coefficient (Wildman–Crippen LogP) is 3.24. The molecular formula is C15H20O2. The Balaban J connectivity index is 1.98. The predicted molar refractivity (Wildman–Crippen MR) is 66.3 cm³/mol. The average molecular weight is 232 g/mol. The van der Waals surface area contributed by atoms with Crippen LogP contribution in [0.1, 0.15) is 39.0 Å². The molecule has 2 aliphatic carbocycles. The van der Waals surface area contributed by atoms with Crippen molar-refractivity contribution in [2.24, 2.45) is 17.3 Å². The van der Waals surface area contributed by atoms with Gasteiger partial charge in [-0.3, -0.25) is 0 Å². The van der Waals surface area contributed by atoms with E-state index in [9.17, 15) is 4.79 Å². The van der Waals surface area contributed by atoms with Crippen LogP contribution < -0.4 is 0 Å². The van der Waals surface area contributed by atoms with Crippen LogP contribution >= 0.6 is 0 Å². The van der Waals surface area contributed by atoms with E-state index in [1.54, 1.807) is 0 Å². The van der Waals surface area contributed by atoms with Gasteiger partial charge in [0.05, 0.1) is 0 Å². The van der Waals surface area contributed by atoms with Crippen LogP contribution in [-0.2, 0) is 9.53 Å². The van der Waals surface area contributed by atoms with Crippen molar-refractivity contribution in [2.75, 3.05) is 0 Å². The van der Waals surface area contributed by atoms with Crippen LogP contribution in [0.3, 0.4) is 0 Å². The second-order valence-electron chi connectivity index (χ2n) is 6.18. The third kappa shape index (κ3) is 1.42. The summed E-state index contributed by atoms with van der Waals surface area (Å²) in [7, 11) is 0. The maximum absolute atomic E-state index is 11.7. The lowest BCUT2D eigenvalue weighted by Gasteiger charge is -2.50. The number of rotatable bonds is 0. The summed E-state index contributed by atoms with van der Waals surface area (Å²) in [6.45, 7) is 10.5. The summed E-state index contributed by atoms with van der Waals surface area (Å²) in [6.07, 6.45) is 5.82. The monoisotopic (exact) mass is 232 g/mol. The highest BCUT2D eigenvalue weighted by molar-refractivity contribution is 5.91. The Bertz CT molecular complexity index is 409. The molecule has 1 aliphatic heterocycles. The van der Waals surface area contributed by atoms with E-state index in [4.69, 9.17) is 4.74 Å². The molecule has 92 valence electrons. The van der Waals surface area contributed by atoms with E-state index in [0.717, 1.165) is 12.8 Å². The summed E-state index contributed by atoms with van der Waals surface area (Å²) < 4.78 is 5.58. The summed E-state index contributed by atoms with van der Waals surface area (Å²) >= 11 is 0. The highest BCUT2D eigenvalue weighted by atomic mass is 16.6. The van der Waals surface area contributed by atoms with Crippen molar-refractivity contribution in [1.29, 1.82) is 0 Å². The molecule has 17 heavy (non-hydrogen) atoms. The van der Waals surface area contributed by atoms with Crippen molar-refractivity contribution in [3.05, 3.63) is 24.3 Å². The first-order chi connectivity index (χ1) is 8.03. The molecule has 3 aliphatic rings. The van der Waals surface area contributed by atoms with E-state index < -0.39 is 0 Å². The van der Waals surface area contributed by atoms with Gasteiger partial charge >= 0.3 is 5.97 Å². The molecule has 0 aromatic heterocycles. The molecule has 2 heteroatoms. The van der Waals surface area contributed by atoms with Gasteiger partial charge in [0.2, 0.25) is 0 Å². The van der Waals surface area contributed by atoms with Crippen LogP contribution in [0.5, 0.6) is 0 Å². The summed E-state index contributed by atoms with van der Waals surface area (Å²) in [5.74, 6) is 0.427. The minimum atomic E-state index is -0.178. The van der Waals surface area contributed by atoms with Gasteiger partial charge in [-0.05, 0) is 37.5 Å². The molecule has 2 saturated carbocycles. The van der Waals surface area contributed by atoms with Gasteiger partial charge in [0.15, 0.2) is 0 Å². The SMILES string of the molecule is C=C1C(=O)O[C@@H]2[C@H]1CC[C@]1(C)CCCC(=C)[C@@H]21. The van der Waals surface area contributed by atoms with Gasteiger partial charge in [-0.25, -0.2) is 4.79 Å². The third-order valence-corrected chi connectivity index (χ3v) is 5.14. The maximum atomic E-state index is 11.7. The molecule has 0 N–H and O–H groups in total. The lowest BCUT2D eigenvalue weighted by molar-refractivity contribution is -0.145. The van der Waals surface area contributed by atoms with Crippen molar-refractivity contribution >= 4 is 5.97 Å². The van der Waals surface area contributed by atoms with Gasteiger partial charge in [-0.1, -0.05) is 25.7 Å². The molecule has 0 bridgehead atoms. The first-order valence-corrected chi connectivity index (χ1v) is 6.60. The first kappa shape index (κ1) is 11.1. The number of ether oxygens (including phenoxy) is 1. The number of hydrogen-bond acceptors (Lipinski definition) is 2. The van der Waals surface area contributed by atoms with E-state index in [0.29, 0.717) is 16.9 Å². The lowest BCUT2D eigenvalue weighted by Crippen LogP contribution is -2.46. The highest BCUT2D eigenvalue weighted by Crippen LogP contribution is 2.57. The zero-order chi connectivity index (χ0) is 12.2. The maximum Gasteiger partial charge on any atom is 0.334 e. The molecule has 1 heterocycles. The largest absolute Gasteiger partial charge is 0.458 e. The Labute approximate surface area is 103 Å². The Morgan fingerprint density at radius 3 is 2.88 bits per heavy atom. The van der Waals surface area contributed by atoms with Crippen molar-refractivity contribution in [2.45, 2.75) is 45.1 Å². The number of carbonyl (C=O) groups excluding carboxylic acids is 1. The normalized spacial score (nSPS) is 45.2. The molecule has 0 radical (unpaired) electrons. The Kier molecular flexibility index (Phi) is 2.26. The standard InChI is InChI=1S/C15H20O2/c1-9-5-4-7-15(3)8-6-11-10(2)14(16)17-13(11)12(9)15/h11-13H,1-2,4-8H2,3H3/t11-,12-,13+,15-/m0/s1. The zero-order valence-corrected chi connectivity index (χ0v) is 10.5. The van der Waals surface area contributed by atoms with Gasteiger partial charge in [0.1, 0.15) is 6.10 Å². The van der Waals surface area contributed by atoms with Crippen LogP contribution in [0.2, 0.25) is 0 Å². The van der Waals surface area contributed by atoms with Crippen LogP contribution in [0.25, 0.3) is 0 Å². The van der Waals surface area contributed by atoms with Gasteiger partial charge in [0.25, 0.3) is 0 Å². The molecule has 0 aromatic rings. The second-order valence-corrected chi connectivity index (χ2v) is 6.18. The fourth-order valence-electron chi connectivity index (χ4n) is 4.19. The lowest BCUT2D eigenvalue weighted by atomic mass is 9.55. The van der Waals surface area contributed by atoms with Crippen LogP contribution in [-0.4, -0.2) is 12.1 Å². The molecule has 1 saturated heterocycles. The first-order valence-electron chi connectivity index (χ1n) is 6.60. The zero-order valence-electron chi connectivity index (χ0n) is 10.5. The van der Waals surface area contributed by atoms with Crippen molar-refractivity contribution in [3.8, 4) is 0 Å². The van der Waals surface area contributed by atoms with Crippen molar-refractivity contribution in [3.63, 3.8) is 0 Å². The van der Waals surface area contributed by atoms with E-state index >= 15 is 0 Å². The number of carbonyl (C=O) groups is 1. The summed E-state index contributed by atoms with van der Waals surface area (Å²) in [5.41, 5.74) is 2.27. The summed E-state index contributed by atoms with van der Waals surface area (Å²) in [6, 6.07) is 0. The summed E-state index contributed by atoms with van der Waals surface area (Å²) in [4.78, 5) is 11.7. The van der Waals surface area contributed by atoms with Gasteiger partial charge in [0, 0.05) is 17.4 Å². The summed E-state index contributed by atoms with van der Waals surface area (Å²) in [5, 5.41) is 0. The molecule has 3 fully saturated rings. The van der Waals surface area contributed by atoms with E-state index in [1.165, 1.54) is 24.8 Å².